The zero-order chi connectivity index (χ0) is 13.9. The predicted octanol–water partition coefficient (Wildman–Crippen LogP) is 2.02. The van der Waals surface area contributed by atoms with E-state index in [9.17, 15) is 26.4 Å². The van der Waals surface area contributed by atoms with Crippen LogP contribution in [0.1, 0.15) is 33.6 Å². The van der Waals surface area contributed by atoms with Crippen molar-refractivity contribution in [1.82, 2.24) is 4.72 Å². The van der Waals surface area contributed by atoms with Gasteiger partial charge in [0.2, 0.25) is 5.91 Å². The third-order valence-corrected chi connectivity index (χ3v) is 3.62. The third-order valence-electron chi connectivity index (χ3n) is 2.52. The molecule has 1 atom stereocenters. The molecule has 17 heavy (non-hydrogen) atoms. The van der Waals surface area contributed by atoms with E-state index in [0.29, 0.717) is 6.42 Å². The zero-order valence-corrected chi connectivity index (χ0v) is 10.7. The summed E-state index contributed by atoms with van der Waals surface area (Å²) in [6.45, 7) is 5.67. The summed E-state index contributed by atoms with van der Waals surface area (Å²) in [6, 6.07) is 0. The summed E-state index contributed by atoms with van der Waals surface area (Å²) < 4.78 is 57.9. The molecule has 0 aromatic rings. The van der Waals surface area contributed by atoms with Crippen molar-refractivity contribution in [3.8, 4) is 0 Å². The van der Waals surface area contributed by atoms with Crippen LogP contribution in [0.25, 0.3) is 0 Å². The SMILES string of the molecule is CC(C)C(C)CCC(=O)NS(=O)(=O)C(F)(F)F. The molecule has 0 aliphatic rings. The normalized spacial score (nSPS) is 14.8. The van der Waals surface area contributed by atoms with E-state index in [0.717, 1.165) is 4.72 Å². The van der Waals surface area contributed by atoms with E-state index in [1.807, 2.05) is 20.8 Å². The van der Waals surface area contributed by atoms with Crippen molar-refractivity contribution >= 4 is 15.9 Å². The first kappa shape index (κ1) is 16.2. The van der Waals surface area contributed by atoms with Gasteiger partial charge in [-0.3, -0.25) is 4.79 Å². The number of nitrogens with one attached hydrogen (secondary N) is 1. The van der Waals surface area contributed by atoms with Crippen molar-refractivity contribution in [3.63, 3.8) is 0 Å². The topological polar surface area (TPSA) is 63.2 Å². The van der Waals surface area contributed by atoms with E-state index in [1.165, 1.54) is 0 Å². The first-order chi connectivity index (χ1) is 7.47. The Balaban J connectivity index is 4.31. The molecule has 4 nitrogen and oxygen atoms in total. The lowest BCUT2D eigenvalue weighted by molar-refractivity contribution is -0.120. The summed E-state index contributed by atoms with van der Waals surface area (Å²) >= 11 is 0. The number of rotatable bonds is 5. The van der Waals surface area contributed by atoms with Crippen molar-refractivity contribution in [2.75, 3.05) is 0 Å². The lowest BCUT2D eigenvalue weighted by atomic mass is 9.93. The van der Waals surface area contributed by atoms with Crippen LogP contribution in [0, 0.1) is 11.8 Å². The zero-order valence-electron chi connectivity index (χ0n) is 9.84. The lowest BCUT2D eigenvalue weighted by Gasteiger charge is -2.15. The Labute approximate surface area is 98.6 Å². The maximum absolute atomic E-state index is 11.9. The maximum atomic E-state index is 11.9. The average molecular weight is 275 g/mol. The molecule has 0 saturated heterocycles. The molecular formula is C9H16F3NO3S. The fraction of sp³-hybridized carbons (Fsp3) is 0.889. The largest absolute Gasteiger partial charge is 0.516 e. The number of hydrogen-bond acceptors (Lipinski definition) is 3. The monoisotopic (exact) mass is 275 g/mol. The van der Waals surface area contributed by atoms with Gasteiger partial charge >= 0.3 is 15.5 Å². The van der Waals surface area contributed by atoms with Gasteiger partial charge in [0.1, 0.15) is 0 Å². The summed E-state index contributed by atoms with van der Waals surface area (Å²) in [6.07, 6.45) is 0.103. The van der Waals surface area contributed by atoms with Crippen molar-refractivity contribution in [2.45, 2.75) is 39.1 Å². The molecule has 0 bridgehead atoms. The Morgan fingerprint density at radius 2 is 1.71 bits per heavy atom. The van der Waals surface area contributed by atoms with Crippen LogP contribution in [-0.4, -0.2) is 19.8 Å². The average Bonchev–Trinajstić information content (AvgIpc) is 2.11. The van der Waals surface area contributed by atoms with Crippen LogP contribution in [0.15, 0.2) is 0 Å². The fourth-order valence-electron chi connectivity index (χ4n) is 0.951. The van der Waals surface area contributed by atoms with E-state index in [-0.39, 0.29) is 18.3 Å². The molecule has 1 unspecified atom stereocenters. The predicted molar refractivity (Wildman–Crippen MR) is 56.4 cm³/mol. The van der Waals surface area contributed by atoms with Gasteiger partial charge in [-0.1, -0.05) is 20.8 Å². The number of carbonyl (C=O) groups excluding carboxylic acids is 1. The van der Waals surface area contributed by atoms with Gasteiger partial charge < -0.3 is 0 Å². The number of amides is 1. The Kier molecular flexibility index (Phi) is 5.44. The van der Waals surface area contributed by atoms with Gasteiger partial charge in [-0.25, -0.2) is 4.72 Å². The number of halogens is 3. The smallest absolute Gasteiger partial charge is 0.274 e. The molecule has 0 saturated carbocycles. The molecule has 102 valence electrons. The van der Waals surface area contributed by atoms with Gasteiger partial charge in [0.15, 0.2) is 0 Å². The van der Waals surface area contributed by atoms with Crippen LogP contribution >= 0.6 is 0 Å². The second-order valence-electron chi connectivity index (χ2n) is 4.23. The van der Waals surface area contributed by atoms with Gasteiger partial charge in [-0.05, 0) is 18.3 Å². The Morgan fingerprint density at radius 3 is 2.06 bits per heavy atom. The molecule has 0 rings (SSSR count). The van der Waals surface area contributed by atoms with Crippen molar-refractivity contribution in [3.05, 3.63) is 0 Å². The highest BCUT2D eigenvalue weighted by Crippen LogP contribution is 2.22. The molecule has 0 aliphatic heterocycles. The van der Waals surface area contributed by atoms with Gasteiger partial charge in [0, 0.05) is 6.42 Å². The molecule has 0 heterocycles. The van der Waals surface area contributed by atoms with Gasteiger partial charge in [0.25, 0.3) is 0 Å². The quantitative estimate of drug-likeness (QED) is 0.835. The first-order valence-electron chi connectivity index (χ1n) is 5.09. The summed E-state index contributed by atoms with van der Waals surface area (Å²) in [4.78, 5) is 11.0. The van der Waals surface area contributed by atoms with Crippen LogP contribution in [0.3, 0.4) is 0 Å². The summed E-state index contributed by atoms with van der Waals surface area (Å²) in [5, 5.41) is 0. The van der Waals surface area contributed by atoms with Crippen LogP contribution in [0.5, 0.6) is 0 Å². The molecule has 0 aromatic carbocycles. The molecule has 0 radical (unpaired) electrons. The van der Waals surface area contributed by atoms with Crippen LogP contribution < -0.4 is 4.72 Å². The lowest BCUT2D eigenvalue weighted by Crippen LogP contribution is -2.40. The number of sulfonamides is 1. The second kappa shape index (κ2) is 5.70. The van der Waals surface area contributed by atoms with E-state index in [2.05, 4.69) is 0 Å². The number of hydrogen-bond donors (Lipinski definition) is 1. The minimum atomic E-state index is -5.56. The minimum absolute atomic E-state index is 0.134. The summed E-state index contributed by atoms with van der Waals surface area (Å²) in [7, 11) is -5.56. The standard InChI is InChI=1S/C9H16F3NO3S/c1-6(2)7(3)4-5-8(14)13-17(15,16)9(10,11)12/h6-7H,4-5H2,1-3H3,(H,13,14). The highest BCUT2D eigenvalue weighted by Gasteiger charge is 2.46. The Bertz CT molecular complexity index is 362. The van der Waals surface area contributed by atoms with Crippen molar-refractivity contribution in [2.24, 2.45) is 11.8 Å². The van der Waals surface area contributed by atoms with Crippen LogP contribution in [0.2, 0.25) is 0 Å². The highest BCUT2D eigenvalue weighted by molar-refractivity contribution is 7.90. The van der Waals surface area contributed by atoms with E-state index in [1.54, 1.807) is 0 Å². The first-order valence-corrected chi connectivity index (χ1v) is 6.57. The van der Waals surface area contributed by atoms with Gasteiger partial charge in [-0.15, -0.1) is 0 Å². The van der Waals surface area contributed by atoms with Crippen molar-refractivity contribution < 1.29 is 26.4 Å². The van der Waals surface area contributed by atoms with Crippen molar-refractivity contribution in [1.29, 1.82) is 0 Å². The van der Waals surface area contributed by atoms with Crippen LogP contribution in [0.4, 0.5) is 13.2 Å². The molecule has 8 heteroatoms. The van der Waals surface area contributed by atoms with Gasteiger partial charge in [-0.2, -0.15) is 21.6 Å². The molecule has 0 fully saturated rings. The van der Waals surface area contributed by atoms with E-state index >= 15 is 0 Å². The number of alkyl halides is 3. The third kappa shape index (κ3) is 5.38. The van der Waals surface area contributed by atoms with E-state index in [4.69, 9.17) is 0 Å². The molecule has 0 spiro atoms. The Hall–Kier alpha value is -0.790. The van der Waals surface area contributed by atoms with Crippen LogP contribution in [-0.2, 0) is 14.8 Å². The molecule has 1 N–H and O–H groups in total. The molecule has 0 aromatic heterocycles. The summed E-state index contributed by atoms with van der Waals surface area (Å²) in [5.74, 6) is -0.716. The highest BCUT2D eigenvalue weighted by atomic mass is 32.2. The molecular weight excluding hydrogens is 259 g/mol. The molecule has 0 aliphatic carbocycles. The number of carbonyl (C=O) groups is 1. The summed E-state index contributed by atoms with van der Waals surface area (Å²) in [5.41, 5.74) is -5.45. The fourth-order valence-corrected chi connectivity index (χ4v) is 1.47. The van der Waals surface area contributed by atoms with Gasteiger partial charge in [0.05, 0.1) is 0 Å². The minimum Gasteiger partial charge on any atom is -0.274 e. The van der Waals surface area contributed by atoms with E-state index < -0.39 is 21.4 Å². The maximum Gasteiger partial charge on any atom is 0.516 e. The second-order valence-corrected chi connectivity index (χ2v) is 5.91. The molecule has 1 amide bonds. The Morgan fingerprint density at radius 1 is 1.24 bits per heavy atom.